The summed E-state index contributed by atoms with van der Waals surface area (Å²) < 4.78 is 2.55. The topological polar surface area (TPSA) is 8.17 Å². The summed E-state index contributed by atoms with van der Waals surface area (Å²) in [6.07, 6.45) is 0. The standard InChI is InChI=1S/C80H90N2/c1-74(2,3)54-26-31-61(32-27-54)81(71-48-57(77(10,11)12)28-35-62(71)53-40-51(41-58(44-53)78(13,14)15)52-42-59(79(16,17)18)45-60(43-52)80(19,20)21)67-36-24-49-23-34-64-68(37-25-50-22-33-63(67)72(49)73(50)64)82-69-38-29-55(75(4,5)6)46-65(69)66-47-56(76(7,8)9)30-39-70(66)82/h22-48H,1-21H3. The van der Waals surface area contributed by atoms with Crippen molar-refractivity contribution in [3.63, 3.8) is 0 Å². The van der Waals surface area contributed by atoms with Crippen LogP contribution >= 0.6 is 0 Å². The first-order chi connectivity index (χ1) is 38.1. The Morgan fingerprint density at radius 1 is 0.268 bits per heavy atom. The zero-order valence-electron chi connectivity index (χ0n) is 53.5. The van der Waals surface area contributed by atoms with Crippen LogP contribution < -0.4 is 4.90 Å². The molecule has 0 atom stereocenters. The van der Waals surface area contributed by atoms with Crippen LogP contribution in [-0.2, 0) is 37.9 Å². The highest BCUT2D eigenvalue weighted by atomic mass is 15.1. The van der Waals surface area contributed by atoms with Crippen molar-refractivity contribution in [2.24, 2.45) is 0 Å². The third-order valence-corrected chi connectivity index (χ3v) is 17.8. The molecule has 2 nitrogen and oxygen atoms in total. The molecule has 0 saturated carbocycles. The number of hydrogen-bond donors (Lipinski definition) is 0. The highest BCUT2D eigenvalue weighted by Crippen LogP contribution is 2.50. The lowest BCUT2D eigenvalue weighted by Gasteiger charge is -2.32. The number of anilines is 3. The first-order valence-electron chi connectivity index (χ1n) is 30.2. The second-order valence-corrected chi connectivity index (χ2v) is 31.4. The van der Waals surface area contributed by atoms with E-state index in [1.54, 1.807) is 0 Å². The first kappa shape index (κ1) is 56.7. The molecule has 0 unspecified atom stereocenters. The number of benzene rings is 10. The van der Waals surface area contributed by atoms with E-state index in [0.29, 0.717) is 0 Å². The minimum Gasteiger partial charge on any atom is -0.309 e. The second-order valence-electron chi connectivity index (χ2n) is 31.4. The molecule has 11 rings (SSSR count). The molecule has 0 bridgehead atoms. The third kappa shape index (κ3) is 10.2. The Balaban J connectivity index is 1.20. The third-order valence-electron chi connectivity index (χ3n) is 17.8. The average molecular weight is 1080 g/mol. The van der Waals surface area contributed by atoms with E-state index in [1.165, 1.54) is 121 Å². The molecule has 0 aliphatic heterocycles. The predicted molar refractivity (Wildman–Crippen MR) is 361 cm³/mol. The molecular formula is C80H90N2. The van der Waals surface area contributed by atoms with Gasteiger partial charge in [0.1, 0.15) is 0 Å². The molecule has 0 saturated heterocycles. The first-order valence-corrected chi connectivity index (χ1v) is 30.2. The lowest BCUT2D eigenvalue weighted by atomic mass is 9.78. The van der Waals surface area contributed by atoms with Crippen molar-refractivity contribution in [1.29, 1.82) is 0 Å². The van der Waals surface area contributed by atoms with E-state index in [4.69, 9.17) is 0 Å². The van der Waals surface area contributed by atoms with Crippen molar-refractivity contribution >= 4 is 71.2 Å². The van der Waals surface area contributed by atoms with Crippen molar-refractivity contribution in [2.45, 2.75) is 183 Å². The van der Waals surface area contributed by atoms with Gasteiger partial charge in [0.25, 0.3) is 0 Å². The fourth-order valence-corrected chi connectivity index (χ4v) is 12.4. The molecule has 1 aromatic heterocycles. The molecule has 0 spiro atoms. The van der Waals surface area contributed by atoms with E-state index >= 15 is 0 Å². The molecule has 11 aromatic rings. The van der Waals surface area contributed by atoms with Gasteiger partial charge in [-0.25, -0.2) is 0 Å². The fraction of sp³-hybridized carbons (Fsp3) is 0.350. The summed E-state index contributed by atoms with van der Waals surface area (Å²) in [5, 5.41) is 10.1. The monoisotopic (exact) mass is 1080 g/mol. The van der Waals surface area contributed by atoms with Gasteiger partial charge in [-0.15, -0.1) is 0 Å². The van der Waals surface area contributed by atoms with Crippen LogP contribution in [0.3, 0.4) is 0 Å². The van der Waals surface area contributed by atoms with Crippen LogP contribution in [0.2, 0.25) is 0 Å². The number of hydrogen-bond acceptors (Lipinski definition) is 1. The molecule has 82 heavy (non-hydrogen) atoms. The average Bonchev–Trinajstić information content (AvgIpc) is 1.53. The largest absolute Gasteiger partial charge is 0.309 e. The van der Waals surface area contributed by atoms with Crippen molar-refractivity contribution in [3.8, 4) is 27.9 Å². The van der Waals surface area contributed by atoms with Crippen LogP contribution in [0.5, 0.6) is 0 Å². The zero-order valence-corrected chi connectivity index (χ0v) is 53.5. The Morgan fingerprint density at radius 3 is 1.16 bits per heavy atom. The minimum atomic E-state index is -0.112. The van der Waals surface area contributed by atoms with Crippen LogP contribution in [0.15, 0.2) is 164 Å². The summed E-state index contributed by atoms with van der Waals surface area (Å²) in [5.41, 5.74) is 21.1. The van der Waals surface area contributed by atoms with E-state index in [2.05, 4.69) is 319 Å². The smallest absolute Gasteiger partial charge is 0.0543 e. The van der Waals surface area contributed by atoms with Crippen LogP contribution in [0.4, 0.5) is 17.1 Å². The predicted octanol–water partition coefficient (Wildman–Crippen LogP) is 23.6. The van der Waals surface area contributed by atoms with Crippen LogP contribution in [-0.4, -0.2) is 4.57 Å². The number of aromatic nitrogens is 1. The maximum atomic E-state index is 2.59. The van der Waals surface area contributed by atoms with Gasteiger partial charge in [-0.3, -0.25) is 0 Å². The molecule has 0 aliphatic rings. The summed E-state index contributed by atoms with van der Waals surface area (Å²) in [5.74, 6) is 0. The van der Waals surface area contributed by atoms with E-state index in [1.807, 2.05) is 0 Å². The summed E-state index contributed by atoms with van der Waals surface area (Å²) >= 11 is 0. The number of nitrogens with zero attached hydrogens (tertiary/aromatic N) is 2. The number of fused-ring (bicyclic) bond motifs is 3. The van der Waals surface area contributed by atoms with E-state index in [9.17, 15) is 0 Å². The fourth-order valence-electron chi connectivity index (χ4n) is 12.4. The van der Waals surface area contributed by atoms with Gasteiger partial charge in [-0.1, -0.05) is 249 Å². The van der Waals surface area contributed by atoms with Gasteiger partial charge in [0, 0.05) is 32.8 Å². The van der Waals surface area contributed by atoms with Crippen LogP contribution in [0.25, 0.3) is 82.1 Å². The zero-order chi connectivity index (χ0) is 59.2. The van der Waals surface area contributed by atoms with Gasteiger partial charge >= 0.3 is 0 Å². The van der Waals surface area contributed by atoms with Gasteiger partial charge in [-0.2, -0.15) is 0 Å². The van der Waals surface area contributed by atoms with Gasteiger partial charge in [-0.05, 0) is 176 Å². The van der Waals surface area contributed by atoms with E-state index < -0.39 is 0 Å². The lowest BCUT2D eigenvalue weighted by molar-refractivity contribution is 0.569. The second kappa shape index (κ2) is 19.2. The maximum absolute atomic E-state index is 2.59. The number of rotatable bonds is 6. The molecule has 0 radical (unpaired) electrons. The van der Waals surface area contributed by atoms with Crippen molar-refractivity contribution in [3.05, 3.63) is 203 Å². The van der Waals surface area contributed by atoms with Gasteiger partial charge in [0.2, 0.25) is 0 Å². The highest BCUT2D eigenvalue weighted by molar-refractivity contribution is 6.27. The quantitative estimate of drug-likeness (QED) is 0.151. The van der Waals surface area contributed by atoms with Crippen molar-refractivity contribution in [2.75, 3.05) is 4.90 Å². The summed E-state index contributed by atoms with van der Waals surface area (Å²) in [6, 6.07) is 64.9. The highest BCUT2D eigenvalue weighted by Gasteiger charge is 2.29. The summed E-state index contributed by atoms with van der Waals surface area (Å²) in [4.78, 5) is 2.59. The van der Waals surface area contributed by atoms with E-state index in [0.717, 1.165) is 17.1 Å². The summed E-state index contributed by atoms with van der Waals surface area (Å²) in [6.45, 7) is 49.0. The Bertz CT molecular complexity index is 4170. The molecular weight excluding hydrogens is 989 g/mol. The van der Waals surface area contributed by atoms with Crippen molar-refractivity contribution in [1.82, 2.24) is 4.57 Å². The SMILES string of the molecule is CC(C)(C)c1ccc(N(c2cc(C(C)(C)C)ccc2-c2cc(-c3cc(C(C)(C)C)cc(C(C)(C)C)c3)cc(C(C)(C)C)c2)c2ccc3ccc4c(-n5c6ccc(C(C)(C)C)cc6c6cc(C(C)(C)C)ccc65)ccc5ccc2c3c54)cc1. The molecule has 2 heteroatoms. The molecule has 0 N–H and O–H groups in total. The Morgan fingerprint density at radius 2 is 0.659 bits per heavy atom. The van der Waals surface area contributed by atoms with Gasteiger partial charge in [0.15, 0.2) is 0 Å². The van der Waals surface area contributed by atoms with E-state index in [-0.39, 0.29) is 37.9 Å². The van der Waals surface area contributed by atoms with Crippen molar-refractivity contribution < 1.29 is 0 Å². The molecule has 0 fully saturated rings. The van der Waals surface area contributed by atoms with Gasteiger partial charge < -0.3 is 9.47 Å². The normalized spacial score (nSPS) is 13.4. The molecule has 1 heterocycles. The Labute approximate surface area is 492 Å². The Kier molecular flexibility index (Phi) is 13.3. The molecule has 10 aromatic carbocycles. The van der Waals surface area contributed by atoms with Crippen LogP contribution in [0.1, 0.15) is 184 Å². The molecule has 420 valence electrons. The lowest BCUT2D eigenvalue weighted by Crippen LogP contribution is -2.17. The Hall–Kier alpha value is -7.16. The molecule has 0 aliphatic carbocycles. The maximum Gasteiger partial charge on any atom is 0.0543 e. The molecule has 0 amide bonds. The van der Waals surface area contributed by atoms with Crippen LogP contribution in [0, 0.1) is 0 Å². The summed E-state index contributed by atoms with van der Waals surface area (Å²) in [7, 11) is 0. The minimum absolute atomic E-state index is 0.00749. The van der Waals surface area contributed by atoms with Gasteiger partial charge in [0.05, 0.1) is 28.1 Å².